The average molecular weight is 445 g/mol. The van der Waals surface area contributed by atoms with Gasteiger partial charge in [-0.1, -0.05) is 30.3 Å². The quantitative estimate of drug-likeness (QED) is 0.691. The molecule has 31 heavy (non-hydrogen) atoms. The molecule has 3 rings (SSSR count). The summed E-state index contributed by atoms with van der Waals surface area (Å²) in [4.78, 5) is 33.4. The fourth-order valence-electron chi connectivity index (χ4n) is 3.81. The Hall–Kier alpha value is -2.78. The topological polar surface area (TPSA) is 99.7 Å². The molecule has 8 nitrogen and oxygen atoms in total. The lowest BCUT2D eigenvalue weighted by molar-refractivity contribution is -0.134. The molecule has 1 aromatic carbocycles. The second-order valence-corrected chi connectivity index (χ2v) is 9.48. The summed E-state index contributed by atoms with van der Waals surface area (Å²) in [6.07, 6.45) is 5.00. The Morgan fingerprint density at radius 2 is 1.97 bits per heavy atom. The SMILES string of the molecule is CCN1CCN(C(=O)CNS(C)(=O)=O)C[C@H](Cc2ccccc2-c2cccnc2)C1=O. The van der Waals surface area contributed by atoms with E-state index in [1.54, 1.807) is 22.2 Å². The molecule has 1 aliphatic heterocycles. The van der Waals surface area contributed by atoms with Gasteiger partial charge in [-0.15, -0.1) is 0 Å². The third-order valence-electron chi connectivity index (χ3n) is 5.42. The van der Waals surface area contributed by atoms with Crippen LogP contribution in [0.5, 0.6) is 0 Å². The number of sulfonamides is 1. The van der Waals surface area contributed by atoms with Crippen molar-refractivity contribution in [3.05, 3.63) is 54.4 Å². The molecule has 0 spiro atoms. The lowest BCUT2D eigenvalue weighted by Gasteiger charge is -2.24. The molecule has 2 aromatic rings. The molecule has 166 valence electrons. The van der Waals surface area contributed by atoms with Crippen LogP contribution in [0.1, 0.15) is 12.5 Å². The van der Waals surface area contributed by atoms with E-state index in [1.807, 2.05) is 43.3 Å². The van der Waals surface area contributed by atoms with Gasteiger partial charge in [0, 0.05) is 44.1 Å². The van der Waals surface area contributed by atoms with Crippen LogP contribution in [0.25, 0.3) is 11.1 Å². The van der Waals surface area contributed by atoms with Crippen LogP contribution < -0.4 is 4.72 Å². The number of amides is 2. The molecule has 1 N–H and O–H groups in total. The van der Waals surface area contributed by atoms with Gasteiger partial charge in [0.1, 0.15) is 0 Å². The van der Waals surface area contributed by atoms with E-state index in [1.165, 1.54) is 0 Å². The standard InChI is InChI=1S/C22H28N4O4S/c1-3-25-11-12-26(21(27)15-24-31(2,29)30)16-19(22(25)28)13-17-7-4-5-9-20(17)18-8-6-10-23-14-18/h4-10,14,19,24H,3,11-13,15-16H2,1-2H3/t19-/m0/s1. The second-order valence-electron chi connectivity index (χ2n) is 7.65. The maximum Gasteiger partial charge on any atom is 0.237 e. The molecule has 2 amide bonds. The molecular weight excluding hydrogens is 416 g/mol. The van der Waals surface area contributed by atoms with Gasteiger partial charge in [-0.25, -0.2) is 13.1 Å². The number of carbonyl (C=O) groups excluding carboxylic acids is 2. The summed E-state index contributed by atoms with van der Waals surface area (Å²) in [5.74, 6) is -0.737. The third-order valence-corrected chi connectivity index (χ3v) is 6.09. The van der Waals surface area contributed by atoms with E-state index in [0.29, 0.717) is 26.1 Å². The number of benzene rings is 1. The summed E-state index contributed by atoms with van der Waals surface area (Å²) in [5.41, 5.74) is 2.98. The molecule has 1 atom stereocenters. The van der Waals surface area contributed by atoms with Crippen molar-refractivity contribution in [3.8, 4) is 11.1 Å². The van der Waals surface area contributed by atoms with Crippen molar-refractivity contribution in [1.82, 2.24) is 19.5 Å². The Bertz CT molecular complexity index is 1030. The van der Waals surface area contributed by atoms with Crippen molar-refractivity contribution in [2.75, 3.05) is 39.0 Å². The molecule has 1 aliphatic rings. The van der Waals surface area contributed by atoms with Gasteiger partial charge in [0.05, 0.1) is 18.7 Å². The highest BCUT2D eigenvalue weighted by Gasteiger charge is 2.32. The highest BCUT2D eigenvalue weighted by atomic mass is 32.2. The van der Waals surface area contributed by atoms with Crippen molar-refractivity contribution < 1.29 is 18.0 Å². The van der Waals surface area contributed by atoms with Crippen LogP contribution in [0, 0.1) is 5.92 Å². The summed E-state index contributed by atoms with van der Waals surface area (Å²) in [7, 11) is -3.47. The van der Waals surface area contributed by atoms with Gasteiger partial charge in [0.15, 0.2) is 0 Å². The van der Waals surface area contributed by atoms with Crippen LogP contribution in [0.3, 0.4) is 0 Å². The Kier molecular flexibility index (Phi) is 7.40. The maximum absolute atomic E-state index is 13.2. The van der Waals surface area contributed by atoms with E-state index in [-0.39, 0.29) is 24.9 Å². The van der Waals surface area contributed by atoms with Gasteiger partial charge in [-0.3, -0.25) is 14.6 Å². The zero-order valence-electron chi connectivity index (χ0n) is 17.8. The van der Waals surface area contributed by atoms with E-state index >= 15 is 0 Å². The minimum Gasteiger partial charge on any atom is -0.341 e. The van der Waals surface area contributed by atoms with Crippen molar-refractivity contribution >= 4 is 21.8 Å². The molecular formula is C22H28N4O4S. The Morgan fingerprint density at radius 3 is 2.65 bits per heavy atom. The van der Waals surface area contributed by atoms with Crippen LogP contribution in [0.2, 0.25) is 0 Å². The molecule has 0 bridgehead atoms. The third kappa shape index (κ3) is 6.11. The molecule has 0 aliphatic carbocycles. The number of hydrogen-bond donors (Lipinski definition) is 1. The smallest absolute Gasteiger partial charge is 0.237 e. The van der Waals surface area contributed by atoms with Gasteiger partial charge < -0.3 is 9.80 Å². The lowest BCUT2D eigenvalue weighted by atomic mass is 9.91. The van der Waals surface area contributed by atoms with E-state index in [0.717, 1.165) is 22.9 Å². The lowest BCUT2D eigenvalue weighted by Crippen LogP contribution is -2.43. The average Bonchev–Trinajstić information content (AvgIpc) is 2.91. The molecule has 0 radical (unpaired) electrons. The zero-order valence-corrected chi connectivity index (χ0v) is 18.6. The van der Waals surface area contributed by atoms with Gasteiger partial charge in [-0.2, -0.15) is 0 Å². The van der Waals surface area contributed by atoms with Crippen LogP contribution in [0.4, 0.5) is 0 Å². The number of nitrogens with one attached hydrogen (secondary N) is 1. The fraction of sp³-hybridized carbons (Fsp3) is 0.409. The molecule has 1 saturated heterocycles. The first kappa shape index (κ1) is 22.9. The molecule has 0 unspecified atom stereocenters. The first-order valence-electron chi connectivity index (χ1n) is 10.3. The highest BCUT2D eigenvalue weighted by molar-refractivity contribution is 7.88. The van der Waals surface area contributed by atoms with Gasteiger partial charge in [-0.05, 0) is 30.5 Å². The normalized spacial score (nSPS) is 17.5. The van der Waals surface area contributed by atoms with Crippen molar-refractivity contribution in [2.45, 2.75) is 13.3 Å². The van der Waals surface area contributed by atoms with Gasteiger partial charge in [0.2, 0.25) is 21.8 Å². The summed E-state index contributed by atoms with van der Waals surface area (Å²) in [6.45, 7) is 3.23. The molecule has 9 heteroatoms. The number of hydrogen-bond acceptors (Lipinski definition) is 5. The zero-order chi connectivity index (χ0) is 22.4. The minimum absolute atomic E-state index is 0.00913. The van der Waals surface area contributed by atoms with Crippen LogP contribution in [-0.2, 0) is 26.0 Å². The minimum atomic E-state index is -3.47. The monoisotopic (exact) mass is 444 g/mol. The summed E-state index contributed by atoms with van der Waals surface area (Å²) in [6, 6.07) is 11.7. The summed E-state index contributed by atoms with van der Waals surface area (Å²) < 4.78 is 25.0. The van der Waals surface area contributed by atoms with E-state index in [2.05, 4.69) is 9.71 Å². The first-order valence-corrected chi connectivity index (χ1v) is 12.2. The Balaban J connectivity index is 1.84. The summed E-state index contributed by atoms with van der Waals surface area (Å²) in [5, 5.41) is 0. The first-order chi connectivity index (χ1) is 14.8. The van der Waals surface area contributed by atoms with Crippen LogP contribution in [0.15, 0.2) is 48.8 Å². The number of likely N-dealkylation sites (N-methyl/N-ethyl adjacent to an activating group) is 1. The van der Waals surface area contributed by atoms with E-state index in [4.69, 9.17) is 0 Å². The predicted molar refractivity (Wildman–Crippen MR) is 119 cm³/mol. The van der Waals surface area contributed by atoms with E-state index in [9.17, 15) is 18.0 Å². The van der Waals surface area contributed by atoms with Crippen molar-refractivity contribution in [2.24, 2.45) is 5.92 Å². The molecule has 2 heterocycles. The van der Waals surface area contributed by atoms with E-state index < -0.39 is 15.9 Å². The number of pyridine rings is 1. The Morgan fingerprint density at radius 1 is 1.19 bits per heavy atom. The largest absolute Gasteiger partial charge is 0.341 e. The van der Waals surface area contributed by atoms with Gasteiger partial charge in [0.25, 0.3) is 0 Å². The number of carbonyl (C=O) groups is 2. The number of rotatable bonds is 7. The predicted octanol–water partition coefficient (Wildman–Crippen LogP) is 1.15. The fourth-order valence-corrected chi connectivity index (χ4v) is 4.20. The molecule has 1 fully saturated rings. The van der Waals surface area contributed by atoms with Crippen molar-refractivity contribution in [1.29, 1.82) is 0 Å². The number of nitrogens with zero attached hydrogens (tertiary/aromatic N) is 3. The summed E-state index contributed by atoms with van der Waals surface area (Å²) >= 11 is 0. The van der Waals surface area contributed by atoms with Crippen LogP contribution in [-0.4, -0.2) is 74.0 Å². The highest BCUT2D eigenvalue weighted by Crippen LogP contribution is 2.26. The maximum atomic E-state index is 13.2. The van der Waals surface area contributed by atoms with Crippen molar-refractivity contribution in [3.63, 3.8) is 0 Å². The molecule has 1 aromatic heterocycles. The Labute approximate surface area is 183 Å². The van der Waals surface area contributed by atoms with Gasteiger partial charge >= 0.3 is 0 Å². The molecule has 0 saturated carbocycles. The number of aromatic nitrogens is 1. The second kappa shape index (κ2) is 10.0. The van der Waals surface area contributed by atoms with Crippen LogP contribution >= 0.6 is 0 Å².